The van der Waals surface area contributed by atoms with Crippen molar-refractivity contribution < 1.29 is 4.39 Å². The topological polar surface area (TPSA) is 12.9 Å². The van der Waals surface area contributed by atoms with Crippen molar-refractivity contribution in [3.05, 3.63) is 29.3 Å². The summed E-state index contributed by atoms with van der Waals surface area (Å²) in [7, 11) is 0. The molecule has 0 saturated carbocycles. The van der Waals surface area contributed by atoms with Crippen LogP contribution in [0.3, 0.4) is 0 Å². The average Bonchev–Trinajstić information content (AvgIpc) is 1.64. The molecule has 0 saturated heterocycles. The Hall–Kier alpha value is -0.630. The summed E-state index contributed by atoms with van der Waals surface area (Å²) in [5, 5.41) is 0.199. The van der Waals surface area contributed by atoms with Crippen LogP contribution in [0.25, 0.3) is 0 Å². The molecule has 1 aromatic rings. The van der Waals surface area contributed by atoms with Gasteiger partial charge in [0, 0.05) is 0 Å². The molecule has 3 heteroatoms. The molecule has 0 atom stereocenters. The molecule has 1 rings (SSSR count). The minimum atomic E-state index is -0.436. The van der Waals surface area contributed by atoms with Crippen LogP contribution < -0.4 is 0 Å². The summed E-state index contributed by atoms with van der Waals surface area (Å²) in [6.07, 6.45) is 3.40. The van der Waals surface area contributed by atoms with E-state index in [4.69, 9.17) is 11.6 Å². The standard InChI is InChI=1S/C5H2ClFN/c6-4-1-5(7)3-8-2-4/h1,3H. The molecule has 41 valence electrons. The van der Waals surface area contributed by atoms with Gasteiger partial charge in [-0.2, -0.15) is 0 Å². The van der Waals surface area contributed by atoms with Crippen molar-refractivity contribution in [1.29, 1.82) is 0 Å². The van der Waals surface area contributed by atoms with Crippen molar-refractivity contribution >= 4 is 11.6 Å². The van der Waals surface area contributed by atoms with Gasteiger partial charge in [0.2, 0.25) is 0 Å². The smallest absolute Gasteiger partial charge is 0.143 e. The highest BCUT2D eigenvalue weighted by Crippen LogP contribution is 2.04. The molecular weight excluding hydrogens is 129 g/mol. The molecule has 0 aliphatic heterocycles. The number of aromatic nitrogens is 1. The molecule has 1 aromatic heterocycles. The maximum atomic E-state index is 12.0. The monoisotopic (exact) mass is 130 g/mol. The fourth-order valence-electron chi connectivity index (χ4n) is 0.346. The quantitative estimate of drug-likeness (QED) is 0.521. The van der Waals surface area contributed by atoms with Crippen molar-refractivity contribution in [3.8, 4) is 0 Å². The number of nitrogens with zero attached hydrogens (tertiary/aromatic N) is 1. The maximum Gasteiger partial charge on any atom is 0.143 e. The molecule has 1 heterocycles. The minimum absolute atomic E-state index is 0.199. The molecule has 0 unspecified atom stereocenters. The Morgan fingerprint density at radius 1 is 1.75 bits per heavy atom. The molecule has 0 spiro atoms. The van der Waals surface area contributed by atoms with Crippen LogP contribution in [0.4, 0.5) is 4.39 Å². The zero-order valence-electron chi connectivity index (χ0n) is 3.86. The van der Waals surface area contributed by atoms with Crippen LogP contribution in [-0.4, -0.2) is 4.98 Å². The lowest BCUT2D eigenvalue weighted by Gasteiger charge is -1.83. The van der Waals surface area contributed by atoms with Gasteiger partial charge >= 0.3 is 0 Å². The third-order valence-corrected chi connectivity index (χ3v) is 0.817. The van der Waals surface area contributed by atoms with E-state index in [-0.39, 0.29) is 5.02 Å². The molecule has 0 aliphatic rings. The van der Waals surface area contributed by atoms with Crippen LogP contribution in [-0.2, 0) is 0 Å². The normalized spacial score (nSPS) is 9.25. The summed E-state index contributed by atoms with van der Waals surface area (Å²) in [4.78, 5) is 3.35. The largest absolute Gasteiger partial charge is 0.250 e. The van der Waals surface area contributed by atoms with E-state index < -0.39 is 5.82 Å². The van der Waals surface area contributed by atoms with Crippen LogP contribution in [0.15, 0.2) is 12.3 Å². The van der Waals surface area contributed by atoms with Crippen LogP contribution in [0, 0.1) is 12.0 Å². The van der Waals surface area contributed by atoms with E-state index in [1.165, 1.54) is 0 Å². The minimum Gasteiger partial charge on any atom is -0.250 e. The molecule has 0 aromatic carbocycles. The molecular formula is C5H2ClFN. The van der Waals surface area contributed by atoms with Gasteiger partial charge in [-0.1, -0.05) is 11.6 Å². The average molecular weight is 131 g/mol. The third-order valence-electron chi connectivity index (χ3n) is 0.624. The lowest BCUT2D eigenvalue weighted by molar-refractivity contribution is 0.621. The van der Waals surface area contributed by atoms with Crippen molar-refractivity contribution in [2.75, 3.05) is 0 Å². The van der Waals surface area contributed by atoms with Gasteiger partial charge in [-0.15, -0.1) is 0 Å². The van der Waals surface area contributed by atoms with Gasteiger partial charge in [0.05, 0.1) is 11.2 Å². The van der Waals surface area contributed by atoms with E-state index in [1.807, 2.05) is 0 Å². The first-order valence-electron chi connectivity index (χ1n) is 1.98. The lowest BCUT2D eigenvalue weighted by Crippen LogP contribution is -1.75. The molecule has 0 fully saturated rings. The number of rotatable bonds is 0. The van der Waals surface area contributed by atoms with Crippen LogP contribution in [0.1, 0.15) is 0 Å². The second-order valence-corrected chi connectivity index (χ2v) is 1.65. The zero-order chi connectivity index (χ0) is 5.98. The Kier molecular flexibility index (Phi) is 1.44. The Morgan fingerprint density at radius 3 is 2.88 bits per heavy atom. The van der Waals surface area contributed by atoms with E-state index in [1.54, 1.807) is 0 Å². The maximum absolute atomic E-state index is 12.0. The fourth-order valence-corrected chi connectivity index (χ4v) is 0.499. The van der Waals surface area contributed by atoms with E-state index in [0.717, 1.165) is 12.3 Å². The molecule has 0 aliphatic carbocycles. The summed E-state index contributed by atoms with van der Waals surface area (Å²) < 4.78 is 12.0. The fraction of sp³-hybridized carbons (Fsp3) is 0. The molecule has 0 bridgehead atoms. The first-order valence-corrected chi connectivity index (χ1v) is 2.35. The summed E-state index contributed by atoms with van der Waals surface area (Å²) in [5.41, 5.74) is 0. The molecule has 1 radical (unpaired) electrons. The Balaban J connectivity index is 3.08. The van der Waals surface area contributed by atoms with E-state index in [0.29, 0.717) is 0 Å². The van der Waals surface area contributed by atoms with Crippen molar-refractivity contribution in [2.24, 2.45) is 0 Å². The summed E-state index contributed by atoms with van der Waals surface area (Å²) in [5.74, 6) is -0.436. The molecule has 0 N–H and O–H groups in total. The van der Waals surface area contributed by atoms with E-state index >= 15 is 0 Å². The summed E-state index contributed by atoms with van der Waals surface area (Å²) in [6.45, 7) is 0. The van der Waals surface area contributed by atoms with Crippen LogP contribution >= 0.6 is 11.6 Å². The number of halogens is 2. The highest BCUT2D eigenvalue weighted by molar-refractivity contribution is 6.30. The van der Waals surface area contributed by atoms with Crippen molar-refractivity contribution in [3.63, 3.8) is 0 Å². The first-order chi connectivity index (χ1) is 3.79. The van der Waals surface area contributed by atoms with Gasteiger partial charge in [0.25, 0.3) is 0 Å². The van der Waals surface area contributed by atoms with Gasteiger partial charge < -0.3 is 0 Å². The van der Waals surface area contributed by atoms with Crippen LogP contribution in [0.2, 0.25) is 5.02 Å². The molecule has 8 heavy (non-hydrogen) atoms. The summed E-state index contributed by atoms with van der Waals surface area (Å²) in [6, 6.07) is 1.15. The number of hydrogen-bond donors (Lipinski definition) is 0. The van der Waals surface area contributed by atoms with Gasteiger partial charge in [-0.3, -0.25) is 0 Å². The van der Waals surface area contributed by atoms with Crippen LogP contribution in [0.5, 0.6) is 0 Å². The second-order valence-electron chi connectivity index (χ2n) is 1.25. The van der Waals surface area contributed by atoms with Crippen molar-refractivity contribution in [2.45, 2.75) is 0 Å². The highest BCUT2D eigenvalue weighted by atomic mass is 35.5. The highest BCUT2D eigenvalue weighted by Gasteiger charge is 1.88. The Labute approximate surface area is 51.1 Å². The third kappa shape index (κ3) is 1.17. The predicted molar refractivity (Wildman–Crippen MR) is 28.0 cm³/mol. The Morgan fingerprint density at radius 2 is 2.50 bits per heavy atom. The van der Waals surface area contributed by atoms with Gasteiger partial charge in [0.15, 0.2) is 0 Å². The second kappa shape index (κ2) is 2.09. The molecule has 0 amide bonds. The first kappa shape index (κ1) is 5.51. The SMILES string of the molecule is Fc1cn[c]c(Cl)c1. The van der Waals surface area contributed by atoms with E-state index in [9.17, 15) is 4.39 Å². The number of hydrogen-bond acceptors (Lipinski definition) is 1. The van der Waals surface area contributed by atoms with E-state index in [2.05, 4.69) is 11.2 Å². The summed E-state index contributed by atoms with van der Waals surface area (Å²) >= 11 is 5.29. The zero-order valence-corrected chi connectivity index (χ0v) is 4.61. The molecule has 1 nitrogen and oxygen atoms in total. The predicted octanol–water partition coefficient (Wildman–Crippen LogP) is 1.67. The van der Waals surface area contributed by atoms with Crippen molar-refractivity contribution in [1.82, 2.24) is 4.98 Å². The lowest BCUT2D eigenvalue weighted by atomic mass is 10.5. The van der Waals surface area contributed by atoms with Gasteiger partial charge in [-0.05, 0) is 6.07 Å². The van der Waals surface area contributed by atoms with Gasteiger partial charge in [-0.25, -0.2) is 9.37 Å². The van der Waals surface area contributed by atoms with Gasteiger partial charge in [0.1, 0.15) is 12.0 Å². The Bertz CT molecular complexity index is 172. The number of pyridine rings is 1.